The second-order valence-corrected chi connectivity index (χ2v) is 2.12. The van der Waals surface area contributed by atoms with Crippen molar-refractivity contribution in [2.45, 2.75) is 13.3 Å². The van der Waals surface area contributed by atoms with Gasteiger partial charge in [-0.3, -0.25) is 5.41 Å². The summed E-state index contributed by atoms with van der Waals surface area (Å²) in [6, 6.07) is 3.43. The Hall–Kier alpha value is -1.25. The quantitative estimate of drug-likeness (QED) is 0.553. The van der Waals surface area contributed by atoms with E-state index >= 15 is 0 Å². The molecule has 0 fully saturated rings. The Morgan fingerprint density at radius 1 is 1.70 bits per heavy atom. The molecule has 0 saturated carbocycles. The predicted octanol–water partition coefficient (Wildman–Crippen LogP) is 0.767. The lowest BCUT2D eigenvalue weighted by molar-refractivity contribution is 0.170. The number of aromatic nitrogens is 1. The third kappa shape index (κ3) is 1.18. The fourth-order valence-corrected chi connectivity index (χ4v) is 0.756. The molecule has 0 aliphatic heterocycles. The fourth-order valence-electron chi connectivity index (χ4n) is 0.756. The van der Waals surface area contributed by atoms with E-state index in [0.29, 0.717) is 0 Å². The zero-order valence-electron chi connectivity index (χ0n) is 5.83. The summed E-state index contributed by atoms with van der Waals surface area (Å²) in [6.07, 6.45) is 2.37. The molecule has 0 aromatic carbocycles. The van der Waals surface area contributed by atoms with E-state index in [0.717, 1.165) is 16.7 Å². The van der Waals surface area contributed by atoms with Crippen molar-refractivity contribution in [1.29, 1.82) is 5.41 Å². The van der Waals surface area contributed by atoms with Crippen molar-refractivity contribution in [3.05, 3.63) is 29.4 Å². The summed E-state index contributed by atoms with van der Waals surface area (Å²) >= 11 is 0. The predicted molar refractivity (Wildman–Crippen MR) is 36.8 cm³/mol. The smallest absolute Gasteiger partial charge is 0.160 e. The van der Waals surface area contributed by atoms with E-state index in [4.69, 9.17) is 10.6 Å². The number of nitrogens with one attached hydrogen (secondary N) is 1. The summed E-state index contributed by atoms with van der Waals surface area (Å²) in [5.41, 5.74) is 1.19. The Kier molecular flexibility index (Phi) is 1.76. The van der Waals surface area contributed by atoms with Crippen LogP contribution in [0.4, 0.5) is 0 Å². The summed E-state index contributed by atoms with van der Waals surface area (Å²) in [5.74, 6) is 0. The Bertz CT molecular complexity index is 277. The molecule has 10 heavy (non-hydrogen) atoms. The zero-order chi connectivity index (χ0) is 7.56. The zero-order valence-corrected chi connectivity index (χ0v) is 5.83. The minimum atomic E-state index is 0.124. The first-order valence-corrected chi connectivity index (χ1v) is 3.19. The first-order chi connectivity index (χ1) is 4.74. The first-order valence-electron chi connectivity index (χ1n) is 3.19. The first kappa shape index (κ1) is 6.86. The van der Waals surface area contributed by atoms with Crippen molar-refractivity contribution in [3.63, 3.8) is 0 Å². The van der Waals surface area contributed by atoms with Crippen molar-refractivity contribution in [2.24, 2.45) is 0 Å². The van der Waals surface area contributed by atoms with Crippen LogP contribution in [0.1, 0.15) is 12.5 Å². The van der Waals surface area contributed by atoms with Gasteiger partial charge in [-0.05, 0) is 24.1 Å². The highest BCUT2D eigenvalue weighted by Crippen LogP contribution is 1.92. The highest BCUT2D eigenvalue weighted by Gasteiger charge is 1.89. The van der Waals surface area contributed by atoms with Gasteiger partial charge in [0.05, 0.1) is 0 Å². The minimum absolute atomic E-state index is 0.124. The van der Waals surface area contributed by atoms with E-state index < -0.39 is 0 Å². The van der Waals surface area contributed by atoms with Gasteiger partial charge in [0.15, 0.2) is 5.49 Å². The molecule has 3 heteroatoms. The number of nitrogens with zero attached hydrogens (tertiary/aromatic N) is 1. The van der Waals surface area contributed by atoms with E-state index in [1.807, 2.05) is 6.92 Å². The van der Waals surface area contributed by atoms with Crippen LogP contribution in [-0.4, -0.2) is 9.94 Å². The molecule has 3 nitrogen and oxygen atoms in total. The van der Waals surface area contributed by atoms with Gasteiger partial charge in [-0.15, -0.1) is 0 Å². The third-order valence-corrected chi connectivity index (χ3v) is 1.41. The summed E-state index contributed by atoms with van der Waals surface area (Å²) in [6.45, 7) is 2.01. The van der Waals surface area contributed by atoms with Gasteiger partial charge in [0.25, 0.3) is 0 Å². The van der Waals surface area contributed by atoms with Gasteiger partial charge in [0.1, 0.15) is 0 Å². The van der Waals surface area contributed by atoms with Crippen LogP contribution in [0.5, 0.6) is 0 Å². The number of pyridine rings is 1. The summed E-state index contributed by atoms with van der Waals surface area (Å²) in [4.78, 5) is 0. The molecule has 2 N–H and O–H groups in total. The Morgan fingerprint density at radius 3 is 2.90 bits per heavy atom. The highest BCUT2D eigenvalue weighted by molar-refractivity contribution is 5.08. The average molecular weight is 138 g/mol. The molecule has 0 spiro atoms. The Morgan fingerprint density at radius 2 is 2.40 bits per heavy atom. The molecule has 0 radical (unpaired) electrons. The lowest BCUT2D eigenvalue weighted by Gasteiger charge is -1.97. The van der Waals surface area contributed by atoms with Gasteiger partial charge in [-0.25, -0.2) is 0 Å². The lowest BCUT2D eigenvalue weighted by atomic mass is 10.2. The maximum atomic E-state index is 8.87. The molecule has 1 aromatic heterocycles. The number of hydrogen-bond donors (Lipinski definition) is 2. The maximum Gasteiger partial charge on any atom is 0.160 e. The standard InChI is InChI=1S/C7H10N2O/c1-2-6-3-4-9(10)7(8)5-6/h3-5,8,10H,2H2,1H3. The van der Waals surface area contributed by atoms with Gasteiger partial charge in [-0.1, -0.05) is 6.92 Å². The van der Waals surface area contributed by atoms with Crippen LogP contribution in [0.15, 0.2) is 18.3 Å². The SMILES string of the molecule is CCc1ccn(O)c(=N)c1. The molecule has 1 rings (SSSR count). The molecule has 1 heterocycles. The molecule has 0 saturated heterocycles. The largest absolute Gasteiger partial charge is 0.427 e. The van der Waals surface area contributed by atoms with Gasteiger partial charge < -0.3 is 5.21 Å². The molecule has 0 bridgehead atoms. The molecule has 54 valence electrons. The van der Waals surface area contributed by atoms with Gasteiger partial charge >= 0.3 is 0 Å². The molecular formula is C7H10N2O. The maximum absolute atomic E-state index is 8.87. The summed E-state index contributed by atoms with van der Waals surface area (Å²) < 4.78 is 0.791. The lowest BCUT2D eigenvalue weighted by Crippen LogP contribution is -2.16. The van der Waals surface area contributed by atoms with Crippen LogP contribution < -0.4 is 5.49 Å². The van der Waals surface area contributed by atoms with Crippen molar-refractivity contribution in [3.8, 4) is 0 Å². The van der Waals surface area contributed by atoms with Crippen molar-refractivity contribution < 1.29 is 5.21 Å². The molecule has 0 aliphatic carbocycles. The van der Waals surface area contributed by atoms with Crippen molar-refractivity contribution >= 4 is 0 Å². The van der Waals surface area contributed by atoms with Crippen LogP contribution >= 0.6 is 0 Å². The average Bonchev–Trinajstić information content (AvgIpc) is 1.95. The van der Waals surface area contributed by atoms with Crippen LogP contribution in [0.2, 0.25) is 0 Å². The topological polar surface area (TPSA) is 49.0 Å². The van der Waals surface area contributed by atoms with Crippen LogP contribution in [0, 0.1) is 5.41 Å². The van der Waals surface area contributed by atoms with Gasteiger partial charge in [0, 0.05) is 6.20 Å². The molecule has 0 aliphatic rings. The van der Waals surface area contributed by atoms with Gasteiger partial charge in [0.2, 0.25) is 0 Å². The minimum Gasteiger partial charge on any atom is -0.427 e. The highest BCUT2D eigenvalue weighted by atomic mass is 16.5. The molecule has 1 aromatic rings. The fraction of sp³-hybridized carbons (Fsp3) is 0.286. The Balaban J connectivity index is 3.17. The second kappa shape index (κ2) is 2.56. The third-order valence-electron chi connectivity index (χ3n) is 1.41. The molecule has 0 atom stereocenters. The molecular weight excluding hydrogens is 128 g/mol. The number of aryl methyl sites for hydroxylation is 1. The number of rotatable bonds is 1. The summed E-state index contributed by atoms with van der Waals surface area (Å²) in [5, 5.41) is 16.0. The van der Waals surface area contributed by atoms with E-state index in [-0.39, 0.29) is 5.49 Å². The monoisotopic (exact) mass is 138 g/mol. The summed E-state index contributed by atoms with van der Waals surface area (Å²) in [7, 11) is 0. The van der Waals surface area contributed by atoms with E-state index in [1.165, 1.54) is 6.20 Å². The van der Waals surface area contributed by atoms with Gasteiger partial charge in [-0.2, -0.15) is 4.73 Å². The molecule has 0 unspecified atom stereocenters. The van der Waals surface area contributed by atoms with Crippen molar-refractivity contribution in [1.82, 2.24) is 4.73 Å². The second-order valence-electron chi connectivity index (χ2n) is 2.12. The van der Waals surface area contributed by atoms with E-state index in [1.54, 1.807) is 12.1 Å². The Labute approximate surface area is 59.0 Å². The number of hydrogen-bond acceptors (Lipinski definition) is 2. The van der Waals surface area contributed by atoms with Crippen LogP contribution in [-0.2, 0) is 6.42 Å². The normalized spacial score (nSPS) is 9.70. The van der Waals surface area contributed by atoms with Crippen molar-refractivity contribution in [2.75, 3.05) is 0 Å². The van der Waals surface area contributed by atoms with Crippen LogP contribution in [0.25, 0.3) is 0 Å². The molecule has 0 amide bonds. The van der Waals surface area contributed by atoms with E-state index in [2.05, 4.69) is 0 Å². The van der Waals surface area contributed by atoms with Crippen LogP contribution in [0.3, 0.4) is 0 Å². The van der Waals surface area contributed by atoms with E-state index in [9.17, 15) is 0 Å².